The molecule has 5 heteroatoms. The highest BCUT2D eigenvalue weighted by Gasteiger charge is 2.18. The lowest BCUT2D eigenvalue weighted by atomic mass is 10.1. The van der Waals surface area contributed by atoms with Crippen molar-refractivity contribution in [2.24, 2.45) is 0 Å². The van der Waals surface area contributed by atoms with Crippen molar-refractivity contribution >= 4 is 22.4 Å². The molecule has 0 radical (unpaired) electrons. The van der Waals surface area contributed by atoms with Crippen LogP contribution in [0.25, 0.3) is 0 Å². The number of anilines is 1. The van der Waals surface area contributed by atoms with Crippen LogP contribution in [0.1, 0.15) is 23.0 Å². The Kier molecular flexibility index (Phi) is 3.49. The van der Waals surface area contributed by atoms with E-state index in [0.29, 0.717) is 10.8 Å². The fraction of sp³-hybridized carbons (Fsp3) is 0.250. The van der Waals surface area contributed by atoms with Gasteiger partial charge in [0.25, 0.3) is 5.91 Å². The molecule has 0 unspecified atom stereocenters. The van der Waals surface area contributed by atoms with Crippen molar-refractivity contribution in [3.05, 3.63) is 41.2 Å². The van der Waals surface area contributed by atoms with Crippen molar-refractivity contribution in [3.8, 4) is 0 Å². The predicted octanol–water partition coefficient (Wildman–Crippen LogP) is 2.38. The van der Waals surface area contributed by atoms with Gasteiger partial charge in [-0.2, -0.15) is 0 Å². The van der Waals surface area contributed by atoms with E-state index in [1.54, 1.807) is 19.4 Å². The second-order valence-electron chi connectivity index (χ2n) is 3.54. The van der Waals surface area contributed by atoms with Crippen molar-refractivity contribution in [2.75, 3.05) is 11.9 Å². The Balaban J connectivity index is 2.31. The van der Waals surface area contributed by atoms with Gasteiger partial charge in [0.2, 0.25) is 0 Å². The molecule has 0 spiro atoms. The Labute approximate surface area is 104 Å². The molecule has 4 nitrogen and oxygen atoms in total. The lowest BCUT2D eigenvalue weighted by Crippen LogP contribution is -2.28. The van der Waals surface area contributed by atoms with Gasteiger partial charge in [-0.3, -0.25) is 14.7 Å². The Bertz CT molecular complexity index is 510. The third kappa shape index (κ3) is 2.34. The van der Waals surface area contributed by atoms with Crippen LogP contribution in [0.15, 0.2) is 29.9 Å². The zero-order valence-electron chi connectivity index (χ0n) is 9.75. The lowest BCUT2D eigenvalue weighted by Gasteiger charge is -2.14. The van der Waals surface area contributed by atoms with Crippen LogP contribution in [0.5, 0.6) is 0 Å². The van der Waals surface area contributed by atoms with Gasteiger partial charge in [-0.05, 0) is 18.1 Å². The van der Waals surface area contributed by atoms with Gasteiger partial charge in [0.1, 0.15) is 5.69 Å². The minimum atomic E-state index is -0.114. The van der Waals surface area contributed by atoms with Crippen LogP contribution in [0.2, 0.25) is 0 Å². The fourth-order valence-corrected chi connectivity index (χ4v) is 2.15. The summed E-state index contributed by atoms with van der Waals surface area (Å²) in [6.07, 6.45) is 4.12. The Morgan fingerprint density at radius 1 is 1.41 bits per heavy atom. The maximum Gasteiger partial charge on any atom is 0.278 e. The van der Waals surface area contributed by atoms with Crippen molar-refractivity contribution in [1.29, 1.82) is 0 Å². The highest BCUT2D eigenvalue weighted by molar-refractivity contribution is 7.13. The quantitative estimate of drug-likeness (QED) is 0.836. The van der Waals surface area contributed by atoms with Gasteiger partial charge in [0, 0.05) is 24.8 Å². The van der Waals surface area contributed by atoms with Crippen molar-refractivity contribution in [2.45, 2.75) is 13.3 Å². The van der Waals surface area contributed by atoms with Crippen molar-refractivity contribution in [3.63, 3.8) is 0 Å². The molecular weight excluding hydrogens is 234 g/mol. The Morgan fingerprint density at radius 2 is 2.24 bits per heavy atom. The molecular formula is C12H13N3OS. The third-order valence-electron chi connectivity index (χ3n) is 2.49. The largest absolute Gasteiger partial charge is 0.286 e. The summed E-state index contributed by atoms with van der Waals surface area (Å²) >= 11 is 1.43. The number of amides is 1. The van der Waals surface area contributed by atoms with Crippen LogP contribution in [0, 0.1) is 0 Å². The van der Waals surface area contributed by atoms with Gasteiger partial charge in [0.05, 0.1) is 0 Å². The van der Waals surface area contributed by atoms with E-state index >= 15 is 0 Å². The number of hydrogen-bond donors (Lipinski definition) is 0. The highest BCUT2D eigenvalue weighted by Crippen LogP contribution is 2.18. The Hall–Kier alpha value is -1.75. The smallest absolute Gasteiger partial charge is 0.278 e. The summed E-state index contributed by atoms with van der Waals surface area (Å²) < 4.78 is 0. The molecule has 0 atom stereocenters. The molecule has 0 aliphatic heterocycles. The highest BCUT2D eigenvalue weighted by atomic mass is 32.1. The molecule has 0 aliphatic rings. The summed E-state index contributed by atoms with van der Waals surface area (Å²) in [4.78, 5) is 22.1. The standard InChI is InChI=1S/C12H13N3OS/c1-3-9-5-4-6-13-10(9)11(16)15(2)12-14-7-8-17-12/h4-8H,3H2,1-2H3. The summed E-state index contributed by atoms with van der Waals surface area (Å²) in [5.41, 5.74) is 1.47. The van der Waals surface area contributed by atoms with Gasteiger partial charge in [-0.15, -0.1) is 11.3 Å². The van der Waals surface area contributed by atoms with E-state index in [9.17, 15) is 4.79 Å². The molecule has 0 saturated carbocycles. The maximum absolute atomic E-state index is 12.3. The van der Waals surface area contributed by atoms with Gasteiger partial charge >= 0.3 is 0 Å². The summed E-state index contributed by atoms with van der Waals surface area (Å²) in [5.74, 6) is -0.114. The van der Waals surface area contributed by atoms with Crippen molar-refractivity contribution in [1.82, 2.24) is 9.97 Å². The number of thiazole rings is 1. The summed E-state index contributed by atoms with van der Waals surface area (Å²) in [7, 11) is 1.72. The van der Waals surface area contributed by atoms with Gasteiger partial charge < -0.3 is 0 Å². The first-order chi connectivity index (χ1) is 8.24. The first-order valence-electron chi connectivity index (χ1n) is 5.35. The monoisotopic (exact) mass is 247 g/mol. The van der Waals surface area contributed by atoms with E-state index in [1.165, 1.54) is 16.2 Å². The van der Waals surface area contributed by atoms with Gasteiger partial charge in [-0.25, -0.2) is 4.98 Å². The summed E-state index contributed by atoms with van der Waals surface area (Å²) in [6, 6.07) is 3.77. The SMILES string of the molecule is CCc1cccnc1C(=O)N(C)c1nccs1. The number of pyridine rings is 1. The number of aromatic nitrogens is 2. The van der Waals surface area contributed by atoms with Crippen LogP contribution in [0.4, 0.5) is 5.13 Å². The average molecular weight is 247 g/mol. The summed E-state index contributed by atoms with van der Waals surface area (Å²) in [6.45, 7) is 2.01. The molecule has 88 valence electrons. The predicted molar refractivity (Wildman–Crippen MR) is 68.5 cm³/mol. The number of aryl methyl sites for hydroxylation is 1. The fourth-order valence-electron chi connectivity index (χ4n) is 1.54. The third-order valence-corrected chi connectivity index (χ3v) is 3.33. The molecule has 0 bridgehead atoms. The minimum absolute atomic E-state index is 0.114. The van der Waals surface area contributed by atoms with Crippen LogP contribution in [0.3, 0.4) is 0 Å². The number of carbonyl (C=O) groups excluding carboxylic acids is 1. The van der Waals surface area contributed by atoms with E-state index in [0.717, 1.165) is 12.0 Å². The first-order valence-corrected chi connectivity index (χ1v) is 6.23. The summed E-state index contributed by atoms with van der Waals surface area (Å²) in [5, 5.41) is 2.53. The van der Waals surface area contributed by atoms with E-state index < -0.39 is 0 Å². The van der Waals surface area contributed by atoms with E-state index in [-0.39, 0.29) is 5.91 Å². The Morgan fingerprint density at radius 3 is 2.88 bits per heavy atom. The molecule has 0 fully saturated rings. The second kappa shape index (κ2) is 5.05. The van der Waals surface area contributed by atoms with Crippen LogP contribution < -0.4 is 4.90 Å². The zero-order valence-corrected chi connectivity index (χ0v) is 10.6. The molecule has 2 rings (SSSR count). The molecule has 1 amide bonds. The molecule has 0 aromatic carbocycles. The lowest BCUT2D eigenvalue weighted by molar-refractivity contribution is 0.0987. The number of nitrogens with zero attached hydrogens (tertiary/aromatic N) is 3. The average Bonchev–Trinajstić information content (AvgIpc) is 2.90. The minimum Gasteiger partial charge on any atom is -0.286 e. The van der Waals surface area contributed by atoms with Crippen molar-refractivity contribution < 1.29 is 4.79 Å². The molecule has 2 aromatic heterocycles. The van der Waals surface area contributed by atoms with Gasteiger partial charge in [0.15, 0.2) is 5.13 Å². The van der Waals surface area contributed by atoms with Crippen LogP contribution in [-0.4, -0.2) is 22.9 Å². The van der Waals surface area contributed by atoms with E-state index in [4.69, 9.17) is 0 Å². The topological polar surface area (TPSA) is 46.1 Å². The number of hydrogen-bond acceptors (Lipinski definition) is 4. The molecule has 0 aliphatic carbocycles. The van der Waals surface area contributed by atoms with E-state index in [2.05, 4.69) is 9.97 Å². The molecule has 0 saturated heterocycles. The van der Waals surface area contributed by atoms with E-state index in [1.807, 2.05) is 24.4 Å². The molecule has 2 heterocycles. The van der Waals surface area contributed by atoms with Gasteiger partial charge in [-0.1, -0.05) is 13.0 Å². The molecule has 0 N–H and O–H groups in total. The number of carbonyl (C=O) groups is 1. The number of rotatable bonds is 3. The maximum atomic E-state index is 12.3. The second-order valence-corrected chi connectivity index (χ2v) is 4.42. The first kappa shape index (κ1) is 11.7. The molecule has 2 aromatic rings. The van der Waals surface area contributed by atoms with Crippen LogP contribution in [-0.2, 0) is 6.42 Å². The molecule has 17 heavy (non-hydrogen) atoms. The van der Waals surface area contributed by atoms with Crippen LogP contribution >= 0.6 is 11.3 Å². The zero-order chi connectivity index (χ0) is 12.3. The normalized spacial score (nSPS) is 10.2.